The molecule has 1 aromatic carbocycles. The number of H-pyrrole nitrogens is 1. The minimum Gasteiger partial charge on any atom is -0.339 e. The van der Waals surface area contributed by atoms with Gasteiger partial charge in [-0.1, -0.05) is 0 Å². The molecule has 168 valence electrons. The van der Waals surface area contributed by atoms with E-state index in [0.717, 1.165) is 12.1 Å². The Balaban J connectivity index is 1.33. The van der Waals surface area contributed by atoms with Crippen LogP contribution >= 0.6 is 0 Å². The molecular formula is C22H17F3N6O2. The minimum atomic E-state index is -4.47. The number of hydrogen-bond acceptors (Lipinski definition) is 6. The van der Waals surface area contributed by atoms with Gasteiger partial charge in [0.15, 0.2) is 0 Å². The van der Waals surface area contributed by atoms with Crippen molar-refractivity contribution in [3.63, 3.8) is 0 Å². The summed E-state index contributed by atoms with van der Waals surface area (Å²) in [5.74, 6) is 0.102. The summed E-state index contributed by atoms with van der Waals surface area (Å²) in [4.78, 5) is 44.0. The molecule has 1 amide bonds. The first-order chi connectivity index (χ1) is 15.8. The molecule has 4 heterocycles. The van der Waals surface area contributed by atoms with Gasteiger partial charge in [0.25, 0.3) is 11.5 Å². The molecule has 1 aliphatic rings. The van der Waals surface area contributed by atoms with E-state index < -0.39 is 11.7 Å². The average molecular weight is 454 g/mol. The van der Waals surface area contributed by atoms with Crippen molar-refractivity contribution < 1.29 is 18.0 Å². The predicted octanol–water partition coefficient (Wildman–Crippen LogP) is 2.85. The van der Waals surface area contributed by atoms with Crippen LogP contribution in [0.4, 0.5) is 19.1 Å². The zero-order valence-electron chi connectivity index (χ0n) is 17.1. The molecule has 1 fully saturated rings. The highest BCUT2D eigenvalue weighted by Gasteiger charge is 2.30. The lowest BCUT2D eigenvalue weighted by Gasteiger charge is -2.35. The number of rotatable bonds is 2. The normalized spacial score (nSPS) is 14.8. The molecule has 0 unspecified atom stereocenters. The van der Waals surface area contributed by atoms with Gasteiger partial charge < -0.3 is 9.80 Å². The topological polar surface area (TPSA) is 95.1 Å². The number of fused-ring (bicyclic) bond motifs is 2. The van der Waals surface area contributed by atoms with E-state index in [-0.39, 0.29) is 22.4 Å². The maximum absolute atomic E-state index is 13.0. The SMILES string of the molecule is O=C(c1cnc2ccc(C(F)(F)F)cc2c1)N1CCN(c2nc3ccncc3c(=O)[nH]2)CC1. The van der Waals surface area contributed by atoms with Gasteiger partial charge in [0.2, 0.25) is 5.95 Å². The lowest BCUT2D eigenvalue weighted by Crippen LogP contribution is -2.49. The number of nitrogens with one attached hydrogen (secondary N) is 1. The molecule has 1 saturated heterocycles. The van der Waals surface area contributed by atoms with E-state index in [1.807, 2.05) is 4.90 Å². The summed E-state index contributed by atoms with van der Waals surface area (Å²) in [6.45, 7) is 1.59. The van der Waals surface area contributed by atoms with E-state index in [4.69, 9.17) is 0 Å². The number of halogens is 3. The minimum absolute atomic E-state index is 0.222. The monoisotopic (exact) mass is 454 g/mol. The van der Waals surface area contributed by atoms with Gasteiger partial charge in [0, 0.05) is 50.2 Å². The lowest BCUT2D eigenvalue weighted by molar-refractivity contribution is -0.137. The Kier molecular flexibility index (Phi) is 4.95. The second-order valence-corrected chi connectivity index (χ2v) is 7.69. The first-order valence-corrected chi connectivity index (χ1v) is 10.1. The van der Waals surface area contributed by atoms with Gasteiger partial charge in [-0.05, 0) is 30.3 Å². The highest BCUT2D eigenvalue weighted by atomic mass is 19.4. The van der Waals surface area contributed by atoms with Crippen LogP contribution in [0.3, 0.4) is 0 Å². The second-order valence-electron chi connectivity index (χ2n) is 7.69. The maximum atomic E-state index is 13.0. The number of alkyl halides is 3. The summed E-state index contributed by atoms with van der Waals surface area (Å²) in [7, 11) is 0. The Hall–Kier alpha value is -4.02. The maximum Gasteiger partial charge on any atom is 0.416 e. The molecule has 5 rings (SSSR count). The van der Waals surface area contributed by atoms with Crippen molar-refractivity contribution in [2.45, 2.75) is 6.18 Å². The van der Waals surface area contributed by atoms with Crippen molar-refractivity contribution >= 4 is 33.7 Å². The van der Waals surface area contributed by atoms with Crippen molar-refractivity contribution in [1.82, 2.24) is 24.8 Å². The van der Waals surface area contributed by atoms with Crippen LogP contribution in [0.1, 0.15) is 15.9 Å². The van der Waals surface area contributed by atoms with Gasteiger partial charge in [0.1, 0.15) is 0 Å². The lowest BCUT2D eigenvalue weighted by atomic mass is 10.1. The fraction of sp³-hybridized carbons (Fsp3) is 0.227. The molecule has 1 aliphatic heterocycles. The van der Waals surface area contributed by atoms with Crippen molar-refractivity contribution in [3.8, 4) is 0 Å². The van der Waals surface area contributed by atoms with Gasteiger partial charge >= 0.3 is 6.18 Å². The number of anilines is 1. The van der Waals surface area contributed by atoms with Crippen LogP contribution in [0.25, 0.3) is 21.8 Å². The fourth-order valence-electron chi connectivity index (χ4n) is 3.85. The molecule has 0 aliphatic carbocycles. The van der Waals surface area contributed by atoms with Crippen LogP contribution in [-0.4, -0.2) is 56.9 Å². The van der Waals surface area contributed by atoms with Crippen molar-refractivity contribution in [3.05, 3.63) is 70.4 Å². The number of carbonyl (C=O) groups is 1. The smallest absolute Gasteiger partial charge is 0.339 e. The Morgan fingerprint density at radius 2 is 1.79 bits per heavy atom. The van der Waals surface area contributed by atoms with Crippen molar-refractivity contribution in [2.75, 3.05) is 31.1 Å². The quantitative estimate of drug-likeness (QED) is 0.501. The average Bonchev–Trinajstić information content (AvgIpc) is 2.82. The second kappa shape index (κ2) is 7.84. The molecule has 11 heteroatoms. The van der Waals surface area contributed by atoms with Crippen molar-refractivity contribution in [2.24, 2.45) is 0 Å². The zero-order valence-corrected chi connectivity index (χ0v) is 17.1. The molecule has 0 bridgehead atoms. The van der Waals surface area contributed by atoms with Crippen LogP contribution in [0.2, 0.25) is 0 Å². The number of aromatic amines is 1. The van der Waals surface area contributed by atoms with Gasteiger partial charge in [-0.2, -0.15) is 13.2 Å². The molecule has 1 N–H and O–H groups in total. The third kappa shape index (κ3) is 3.97. The van der Waals surface area contributed by atoms with Crippen LogP contribution < -0.4 is 10.5 Å². The van der Waals surface area contributed by atoms with Crippen LogP contribution in [0, 0.1) is 0 Å². The van der Waals surface area contributed by atoms with E-state index >= 15 is 0 Å². The first-order valence-electron chi connectivity index (χ1n) is 10.1. The number of benzene rings is 1. The summed E-state index contributed by atoms with van der Waals surface area (Å²) in [5, 5.41) is 0.647. The number of piperazine rings is 1. The summed E-state index contributed by atoms with van der Waals surface area (Å²) in [6, 6.07) is 6.35. The van der Waals surface area contributed by atoms with E-state index in [9.17, 15) is 22.8 Å². The standard InChI is InChI=1S/C22H17F3N6O2/c23-22(24,25)15-1-2-17-13(10-15)9-14(11-27-17)20(33)30-5-7-31(8-6-30)21-28-18-3-4-26-12-16(18)19(32)29-21/h1-4,9-12H,5-8H2,(H,28,29,32). The van der Waals surface area contributed by atoms with Gasteiger partial charge in [-0.3, -0.25) is 24.5 Å². The Morgan fingerprint density at radius 1 is 1.00 bits per heavy atom. The Labute approximate surface area is 184 Å². The van der Waals surface area contributed by atoms with E-state index in [2.05, 4.69) is 19.9 Å². The summed E-state index contributed by atoms with van der Waals surface area (Å²) < 4.78 is 39.1. The third-order valence-corrected chi connectivity index (χ3v) is 5.62. The van der Waals surface area contributed by atoms with Crippen molar-refractivity contribution in [1.29, 1.82) is 0 Å². The summed E-state index contributed by atoms with van der Waals surface area (Å²) >= 11 is 0. The fourth-order valence-corrected chi connectivity index (χ4v) is 3.85. The van der Waals surface area contributed by atoms with E-state index in [1.165, 1.54) is 24.5 Å². The van der Waals surface area contributed by atoms with Crippen LogP contribution in [0.5, 0.6) is 0 Å². The summed E-state index contributed by atoms with van der Waals surface area (Å²) in [6.07, 6.45) is -0.0826. The molecule has 0 atom stereocenters. The highest BCUT2D eigenvalue weighted by Crippen LogP contribution is 2.31. The van der Waals surface area contributed by atoms with Gasteiger partial charge in [-0.25, -0.2) is 4.98 Å². The Morgan fingerprint density at radius 3 is 2.55 bits per heavy atom. The molecule has 0 radical (unpaired) electrons. The molecule has 0 saturated carbocycles. The molecule has 8 nitrogen and oxygen atoms in total. The van der Waals surface area contributed by atoms with E-state index in [1.54, 1.807) is 17.2 Å². The molecular weight excluding hydrogens is 437 g/mol. The zero-order chi connectivity index (χ0) is 23.2. The highest BCUT2D eigenvalue weighted by molar-refractivity contribution is 5.97. The van der Waals surface area contributed by atoms with Gasteiger partial charge in [-0.15, -0.1) is 0 Å². The third-order valence-electron chi connectivity index (χ3n) is 5.62. The number of amides is 1. The van der Waals surface area contributed by atoms with Crippen LogP contribution in [0.15, 0.2) is 53.7 Å². The number of hydrogen-bond donors (Lipinski definition) is 1. The number of aromatic nitrogens is 4. The molecule has 3 aromatic heterocycles. The van der Waals surface area contributed by atoms with Gasteiger partial charge in [0.05, 0.1) is 27.5 Å². The molecule has 0 spiro atoms. The van der Waals surface area contributed by atoms with E-state index in [0.29, 0.717) is 48.5 Å². The first kappa shape index (κ1) is 20.9. The summed E-state index contributed by atoms with van der Waals surface area (Å²) in [5.41, 5.74) is 0.0541. The predicted molar refractivity (Wildman–Crippen MR) is 115 cm³/mol. The number of pyridine rings is 2. The molecule has 33 heavy (non-hydrogen) atoms. The number of nitrogens with zero attached hydrogens (tertiary/aromatic N) is 5. The number of carbonyl (C=O) groups excluding carboxylic acids is 1. The molecule has 4 aromatic rings. The largest absolute Gasteiger partial charge is 0.416 e. The van der Waals surface area contributed by atoms with Crippen LogP contribution in [-0.2, 0) is 6.18 Å². The Bertz CT molecular complexity index is 1430.